The van der Waals surface area contributed by atoms with Crippen LogP contribution in [0.3, 0.4) is 0 Å². The monoisotopic (exact) mass is 176 g/mol. The third-order valence-corrected chi connectivity index (χ3v) is 1.46. The van der Waals surface area contributed by atoms with Crippen molar-refractivity contribution in [2.45, 2.75) is 13.1 Å². The predicted molar refractivity (Wildman–Crippen MR) is 38.4 cm³/mol. The Bertz CT molecular complexity index is 275. The fourth-order valence-electron chi connectivity index (χ4n) is 0.905. The van der Waals surface area contributed by atoms with Crippen molar-refractivity contribution in [2.24, 2.45) is 0 Å². The first-order valence-corrected chi connectivity index (χ1v) is 3.23. The maximum absolute atomic E-state index is 12.2. The third kappa shape index (κ3) is 1.49. The number of hydrogen-bond acceptors (Lipinski definition) is 2. The molecular weight excluding hydrogens is 169 g/mol. The van der Waals surface area contributed by atoms with Crippen LogP contribution in [0.5, 0.6) is 0 Å². The lowest BCUT2D eigenvalue weighted by Crippen LogP contribution is -2.00. The SMILES string of the molecule is Nc1cncc(CF)c1C(F)F. The van der Waals surface area contributed by atoms with Gasteiger partial charge in [-0.1, -0.05) is 0 Å². The molecular formula is C7H7F3N2. The normalized spacial score (nSPS) is 10.7. The van der Waals surface area contributed by atoms with Gasteiger partial charge in [-0.2, -0.15) is 0 Å². The van der Waals surface area contributed by atoms with Crippen molar-refractivity contribution in [3.8, 4) is 0 Å². The number of pyridine rings is 1. The van der Waals surface area contributed by atoms with Crippen molar-refractivity contribution < 1.29 is 13.2 Å². The summed E-state index contributed by atoms with van der Waals surface area (Å²) in [6, 6.07) is 0. The molecule has 0 saturated heterocycles. The second-order valence-electron chi connectivity index (χ2n) is 2.24. The highest BCUT2D eigenvalue weighted by molar-refractivity contribution is 5.48. The van der Waals surface area contributed by atoms with Gasteiger partial charge in [-0.15, -0.1) is 0 Å². The number of anilines is 1. The molecule has 0 aromatic carbocycles. The highest BCUT2D eigenvalue weighted by Gasteiger charge is 2.16. The van der Waals surface area contributed by atoms with Crippen LogP contribution >= 0.6 is 0 Å². The van der Waals surface area contributed by atoms with E-state index in [0.717, 1.165) is 12.4 Å². The lowest BCUT2D eigenvalue weighted by Gasteiger charge is -2.07. The first-order chi connectivity index (χ1) is 5.66. The minimum atomic E-state index is -2.75. The summed E-state index contributed by atoms with van der Waals surface area (Å²) in [4.78, 5) is 3.50. The van der Waals surface area contributed by atoms with Gasteiger partial charge >= 0.3 is 0 Å². The highest BCUT2D eigenvalue weighted by atomic mass is 19.3. The third-order valence-electron chi connectivity index (χ3n) is 1.46. The maximum Gasteiger partial charge on any atom is 0.266 e. The van der Waals surface area contributed by atoms with Gasteiger partial charge in [0, 0.05) is 17.3 Å². The Balaban J connectivity index is 3.20. The number of alkyl halides is 3. The average Bonchev–Trinajstić information content (AvgIpc) is 2.03. The highest BCUT2D eigenvalue weighted by Crippen LogP contribution is 2.27. The number of aromatic nitrogens is 1. The molecule has 2 N–H and O–H groups in total. The maximum atomic E-state index is 12.2. The molecule has 0 bridgehead atoms. The van der Waals surface area contributed by atoms with Crippen LogP contribution in [0.25, 0.3) is 0 Å². The average molecular weight is 176 g/mol. The number of halogens is 3. The van der Waals surface area contributed by atoms with Gasteiger partial charge in [-0.05, 0) is 0 Å². The molecule has 5 heteroatoms. The van der Waals surface area contributed by atoms with Crippen LogP contribution in [-0.2, 0) is 6.67 Å². The number of nitrogens with two attached hydrogens (primary N) is 1. The fourth-order valence-corrected chi connectivity index (χ4v) is 0.905. The number of hydrogen-bond donors (Lipinski definition) is 1. The van der Waals surface area contributed by atoms with E-state index in [-0.39, 0.29) is 11.3 Å². The van der Waals surface area contributed by atoms with Crippen LogP contribution < -0.4 is 5.73 Å². The number of nitrogens with zero attached hydrogens (tertiary/aromatic N) is 1. The van der Waals surface area contributed by atoms with Crippen LogP contribution in [0.15, 0.2) is 12.4 Å². The summed E-state index contributed by atoms with van der Waals surface area (Å²) >= 11 is 0. The lowest BCUT2D eigenvalue weighted by molar-refractivity contribution is 0.150. The van der Waals surface area contributed by atoms with Crippen molar-refractivity contribution in [3.05, 3.63) is 23.5 Å². The summed E-state index contributed by atoms with van der Waals surface area (Å²) in [5.74, 6) is 0. The van der Waals surface area contributed by atoms with Crippen molar-refractivity contribution in [1.29, 1.82) is 0 Å². The molecule has 0 fully saturated rings. The zero-order valence-electron chi connectivity index (χ0n) is 6.10. The second kappa shape index (κ2) is 3.42. The zero-order valence-corrected chi connectivity index (χ0v) is 6.10. The molecule has 0 aliphatic rings. The van der Waals surface area contributed by atoms with E-state index in [2.05, 4.69) is 4.98 Å². The summed E-state index contributed by atoms with van der Waals surface area (Å²) in [6.07, 6.45) is -0.614. The van der Waals surface area contributed by atoms with Gasteiger partial charge in [0.05, 0.1) is 11.9 Å². The lowest BCUT2D eigenvalue weighted by atomic mass is 10.1. The zero-order chi connectivity index (χ0) is 9.14. The van der Waals surface area contributed by atoms with E-state index < -0.39 is 18.7 Å². The Morgan fingerprint density at radius 1 is 1.42 bits per heavy atom. The smallest absolute Gasteiger partial charge is 0.266 e. The molecule has 1 aromatic rings. The number of nitrogen functional groups attached to an aromatic ring is 1. The van der Waals surface area contributed by atoms with E-state index in [4.69, 9.17) is 5.73 Å². The van der Waals surface area contributed by atoms with E-state index in [1.807, 2.05) is 0 Å². The molecule has 1 heterocycles. The van der Waals surface area contributed by atoms with Gasteiger partial charge in [0.15, 0.2) is 0 Å². The number of rotatable bonds is 2. The Hall–Kier alpha value is -1.26. The van der Waals surface area contributed by atoms with E-state index in [0.29, 0.717) is 0 Å². The molecule has 0 aliphatic carbocycles. The van der Waals surface area contributed by atoms with Crippen LogP contribution in [0.4, 0.5) is 18.9 Å². The molecule has 0 aliphatic heterocycles. The van der Waals surface area contributed by atoms with Crippen molar-refractivity contribution in [1.82, 2.24) is 4.98 Å². The standard InChI is InChI=1S/C7H7F3N2/c8-1-4-2-12-3-5(11)6(4)7(9)10/h2-3,7H,1,11H2. The molecule has 1 aromatic heterocycles. The second-order valence-corrected chi connectivity index (χ2v) is 2.24. The Morgan fingerprint density at radius 2 is 2.08 bits per heavy atom. The Morgan fingerprint density at radius 3 is 2.50 bits per heavy atom. The van der Waals surface area contributed by atoms with E-state index in [1.54, 1.807) is 0 Å². The molecule has 0 amide bonds. The van der Waals surface area contributed by atoms with Gasteiger partial charge in [-0.25, -0.2) is 13.2 Å². The molecule has 0 spiro atoms. The van der Waals surface area contributed by atoms with Gasteiger partial charge < -0.3 is 5.73 Å². The first kappa shape index (κ1) is 8.83. The summed E-state index contributed by atoms with van der Waals surface area (Å²) in [5.41, 5.74) is 4.42. The summed E-state index contributed by atoms with van der Waals surface area (Å²) in [7, 11) is 0. The van der Waals surface area contributed by atoms with Crippen molar-refractivity contribution >= 4 is 5.69 Å². The Labute approximate surface area is 67.2 Å². The minimum Gasteiger partial charge on any atom is -0.397 e. The van der Waals surface area contributed by atoms with Crippen LogP contribution in [0, 0.1) is 0 Å². The van der Waals surface area contributed by atoms with Gasteiger partial charge in [-0.3, -0.25) is 4.98 Å². The Kier molecular flexibility index (Phi) is 2.52. The van der Waals surface area contributed by atoms with Crippen LogP contribution in [-0.4, -0.2) is 4.98 Å². The molecule has 12 heavy (non-hydrogen) atoms. The molecule has 0 unspecified atom stereocenters. The largest absolute Gasteiger partial charge is 0.397 e. The molecule has 66 valence electrons. The summed E-state index contributed by atoms with van der Waals surface area (Å²) in [6.45, 7) is -0.974. The van der Waals surface area contributed by atoms with E-state index in [1.165, 1.54) is 0 Å². The van der Waals surface area contributed by atoms with Crippen molar-refractivity contribution in [3.63, 3.8) is 0 Å². The topological polar surface area (TPSA) is 38.9 Å². The quantitative estimate of drug-likeness (QED) is 0.749. The molecule has 0 atom stereocenters. The van der Waals surface area contributed by atoms with Crippen LogP contribution in [0.2, 0.25) is 0 Å². The first-order valence-electron chi connectivity index (χ1n) is 3.23. The van der Waals surface area contributed by atoms with Gasteiger partial charge in [0.2, 0.25) is 0 Å². The summed E-state index contributed by atoms with van der Waals surface area (Å²) in [5, 5.41) is 0. The van der Waals surface area contributed by atoms with E-state index in [9.17, 15) is 13.2 Å². The van der Waals surface area contributed by atoms with Gasteiger partial charge in [0.25, 0.3) is 6.43 Å². The predicted octanol–water partition coefficient (Wildman–Crippen LogP) is 2.07. The van der Waals surface area contributed by atoms with Gasteiger partial charge in [0.1, 0.15) is 6.67 Å². The van der Waals surface area contributed by atoms with Crippen LogP contribution in [0.1, 0.15) is 17.6 Å². The molecule has 1 rings (SSSR count). The molecule has 0 radical (unpaired) electrons. The molecule has 0 saturated carbocycles. The summed E-state index contributed by atoms with van der Waals surface area (Å²) < 4.78 is 36.5. The van der Waals surface area contributed by atoms with Crippen molar-refractivity contribution in [2.75, 3.05) is 5.73 Å². The van der Waals surface area contributed by atoms with E-state index >= 15 is 0 Å². The minimum absolute atomic E-state index is 0.148. The molecule has 2 nitrogen and oxygen atoms in total. The fraction of sp³-hybridized carbons (Fsp3) is 0.286.